The molecule has 0 spiro atoms. The number of carbonyl (C=O) groups excluding carboxylic acids is 3. The van der Waals surface area contributed by atoms with Gasteiger partial charge in [0.15, 0.2) is 11.4 Å². The maximum Gasteiger partial charge on any atom is 0.509 e. The van der Waals surface area contributed by atoms with Crippen molar-refractivity contribution in [1.82, 2.24) is 0 Å². The van der Waals surface area contributed by atoms with Gasteiger partial charge in [-0.25, -0.2) is 9.59 Å². The highest BCUT2D eigenvalue weighted by Crippen LogP contribution is 2.67. The second-order valence-electron chi connectivity index (χ2n) is 16.1. The largest absolute Gasteiger partial charge is 0.509 e. The van der Waals surface area contributed by atoms with Crippen molar-refractivity contribution >= 4 is 18.1 Å². The van der Waals surface area contributed by atoms with Crippen LogP contribution >= 0.6 is 0 Å². The lowest BCUT2D eigenvalue weighted by Gasteiger charge is -2.68. The molecule has 2 aromatic rings. The van der Waals surface area contributed by atoms with Crippen molar-refractivity contribution in [3.05, 3.63) is 82.9 Å². The summed E-state index contributed by atoms with van der Waals surface area (Å²) in [7, 11) is 0. The number of hydrogen-bond acceptors (Lipinski definition) is 12. The van der Waals surface area contributed by atoms with Gasteiger partial charge in [0.05, 0.1) is 30.3 Å². The molecule has 0 amide bonds. The predicted molar refractivity (Wildman–Crippen MR) is 183 cm³/mol. The summed E-state index contributed by atoms with van der Waals surface area (Å²) in [5.74, 6) is -3.61. The van der Waals surface area contributed by atoms with Gasteiger partial charge in [0, 0.05) is 30.6 Å². The van der Waals surface area contributed by atoms with Gasteiger partial charge >= 0.3 is 18.1 Å². The summed E-state index contributed by atoms with van der Waals surface area (Å²) in [5.41, 5.74) is -3.86. The number of rotatable bonds is 6. The third kappa shape index (κ3) is 5.57. The van der Waals surface area contributed by atoms with Gasteiger partial charge in [-0.05, 0) is 49.6 Å². The van der Waals surface area contributed by atoms with Crippen molar-refractivity contribution in [2.75, 3.05) is 6.61 Å². The van der Waals surface area contributed by atoms with Crippen LogP contribution in [0.4, 0.5) is 4.79 Å². The SMILES string of the molecule is CC(=O)OC12CO[C@@H]1C[C@H](O)[C@]1(C)C2C(OC(=O)c2ccccc2)[C@]2(O)CC(OC(=O)OCc3ccccc3)C(C)=C([C@H]3OC(C)(C)O[C@H]31)C2(C)C. The van der Waals surface area contributed by atoms with Gasteiger partial charge in [-0.3, -0.25) is 4.79 Å². The number of esters is 2. The summed E-state index contributed by atoms with van der Waals surface area (Å²) in [4.78, 5) is 40.5. The highest BCUT2D eigenvalue weighted by molar-refractivity contribution is 5.89. The van der Waals surface area contributed by atoms with Crippen molar-refractivity contribution in [3.63, 3.8) is 0 Å². The quantitative estimate of drug-likeness (QED) is 0.234. The van der Waals surface area contributed by atoms with E-state index in [1.54, 1.807) is 44.2 Å². The molecule has 2 aromatic carbocycles. The molecule has 2 saturated heterocycles. The van der Waals surface area contributed by atoms with Gasteiger partial charge in [0.1, 0.15) is 36.6 Å². The second kappa shape index (κ2) is 12.7. The number of aliphatic hydroxyl groups is 2. The maximum atomic E-state index is 14.2. The molecule has 12 heteroatoms. The summed E-state index contributed by atoms with van der Waals surface area (Å²) in [5, 5.41) is 25.8. The van der Waals surface area contributed by atoms with Crippen LogP contribution in [0.15, 0.2) is 71.8 Å². The summed E-state index contributed by atoms with van der Waals surface area (Å²) in [6.07, 6.45) is -7.31. The summed E-state index contributed by atoms with van der Waals surface area (Å²) < 4.78 is 43.7. The van der Waals surface area contributed by atoms with Crippen LogP contribution in [-0.2, 0) is 44.6 Å². The Kier molecular flexibility index (Phi) is 8.89. The van der Waals surface area contributed by atoms with E-state index in [0.29, 0.717) is 11.1 Å². The zero-order valence-corrected chi connectivity index (χ0v) is 30.6. The van der Waals surface area contributed by atoms with Crippen LogP contribution in [0.25, 0.3) is 0 Å². The Hall–Kier alpha value is -3.81. The number of ether oxygens (including phenoxy) is 7. The van der Waals surface area contributed by atoms with Gasteiger partial charge in [-0.15, -0.1) is 0 Å². The molecule has 10 atom stereocenters. The van der Waals surface area contributed by atoms with Crippen LogP contribution < -0.4 is 0 Å². The lowest BCUT2D eigenvalue weighted by atomic mass is 9.44. The molecule has 0 aromatic heterocycles. The molecule has 52 heavy (non-hydrogen) atoms. The van der Waals surface area contributed by atoms with E-state index in [1.807, 2.05) is 58.0 Å². The Bertz CT molecular complexity index is 1760. The van der Waals surface area contributed by atoms with E-state index in [4.69, 9.17) is 33.2 Å². The first-order valence-corrected chi connectivity index (χ1v) is 17.9. The van der Waals surface area contributed by atoms with Crippen LogP contribution in [0.1, 0.15) is 77.2 Å². The molecule has 2 heterocycles. The lowest BCUT2D eigenvalue weighted by molar-refractivity contribution is -0.362. The average molecular weight is 721 g/mol. The third-order valence-electron chi connectivity index (χ3n) is 12.3. The number of carbonyl (C=O) groups is 3. The normalized spacial score (nSPS) is 38.2. The van der Waals surface area contributed by atoms with E-state index in [1.165, 1.54) is 6.92 Å². The lowest BCUT2D eigenvalue weighted by Crippen LogP contribution is -2.82. The van der Waals surface area contributed by atoms with Gasteiger partial charge in [-0.1, -0.05) is 69.3 Å². The Labute approximate surface area is 303 Å². The molecule has 2 N–H and O–H groups in total. The van der Waals surface area contributed by atoms with Crippen molar-refractivity contribution in [2.45, 2.75) is 122 Å². The van der Waals surface area contributed by atoms with Crippen molar-refractivity contribution in [1.29, 1.82) is 0 Å². The first-order chi connectivity index (χ1) is 24.4. The Morgan fingerprint density at radius 1 is 0.923 bits per heavy atom. The van der Waals surface area contributed by atoms with E-state index in [-0.39, 0.29) is 31.6 Å². The van der Waals surface area contributed by atoms with Gasteiger partial charge in [0.25, 0.3) is 0 Å². The minimum Gasteiger partial charge on any atom is -0.455 e. The Morgan fingerprint density at radius 2 is 1.58 bits per heavy atom. The second-order valence-corrected chi connectivity index (χ2v) is 16.1. The fourth-order valence-electron chi connectivity index (χ4n) is 9.75. The predicted octanol–water partition coefficient (Wildman–Crippen LogP) is 5.03. The van der Waals surface area contributed by atoms with Crippen molar-refractivity contribution in [2.24, 2.45) is 16.7 Å². The molecule has 4 unspecified atom stereocenters. The molecular weight excluding hydrogens is 672 g/mol. The number of benzene rings is 2. The van der Waals surface area contributed by atoms with Crippen LogP contribution in [0.2, 0.25) is 0 Å². The molecule has 4 fully saturated rings. The molecule has 2 aliphatic heterocycles. The first kappa shape index (κ1) is 36.5. The molecular formula is C40H48O12. The monoisotopic (exact) mass is 720 g/mol. The van der Waals surface area contributed by atoms with E-state index in [0.717, 1.165) is 5.56 Å². The van der Waals surface area contributed by atoms with Gasteiger partial charge < -0.3 is 43.4 Å². The van der Waals surface area contributed by atoms with Crippen LogP contribution in [0, 0.1) is 16.7 Å². The highest BCUT2D eigenvalue weighted by Gasteiger charge is 2.79. The van der Waals surface area contributed by atoms with Gasteiger partial charge in [0.2, 0.25) is 0 Å². The number of fused-ring (bicyclic) bond motifs is 8. The first-order valence-electron chi connectivity index (χ1n) is 17.9. The average Bonchev–Trinajstić information content (AvgIpc) is 3.41. The number of aliphatic hydroxyl groups excluding tert-OH is 1. The molecule has 12 nitrogen and oxygen atoms in total. The minimum atomic E-state index is -2.02. The molecule has 0 radical (unpaired) electrons. The molecule has 3 aliphatic carbocycles. The minimum absolute atomic E-state index is 0.0322. The summed E-state index contributed by atoms with van der Waals surface area (Å²) in [6, 6.07) is 17.5. The molecule has 280 valence electrons. The molecule has 5 aliphatic rings. The highest BCUT2D eigenvalue weighted by atomic mass is 16.8. The van der Waals surface area contributed by atoms with Crippen LogP contribution in [0.3, 0.4) is 0 Å². The topological polar surface area (TPSA) is 156 Å². The van der Waals surface area contributed by atoms with Crippen LogP contribution in [0.5, 0.6) is 0 Å². The molecule has 7 rings (SSSR count). The third-order valence-corrected chi connectivity index (χ3v) is 12.3. The Balaban J connectivity index is 1.42. The molecule has 2 saturated carbocycles. The summed E-state index contributed by atoms with van der Waals surface area (Å²) >= 11 is 0. The Morgan fingerprint density at radius 3 is 2.19 bits per heavy atom. The van der Waals surface area contributed by atoms with Crippen molar-refractivity contribution < 1.29 is 57.8 Å². The zero-order chi connectivity index (χ0) is 37.4. The smallest absolute Gasteiger partial charge is 0.455 e. The maximum absolute atomic E-state index is 14.2. The fraction of sp³-hybridized carbons (Fsp3) is 0.575. The van der Waals surface area contributed by atoms with E-state index in [9.17, 15) is 24.6 Å². The van der Waals surface area contributed by atoms with Gasteiger partial charge in [-0.2, -0.15) is 0 Å². The van der Waals surface area contributed by atoms with Crippen LogP contribution in [-0.4, -0.2) is 88.5 Å². The van der Waals surface area contributed by atoms with E-state index >= 15 is 0 Å². The van der Waals surface area contributed by atoms with E-state index < -0.39 is 88.5 Å². The molecule has 2 bridgehead atoms. The van der Waals surface area contributed by atoms with Crippen molar-refractivity contribution in [3.8, 4) is 0 Å². The summed E-state index contributed by atoms with van der Waals surface area (Å²) in [6.45, 7) is 12.0. The zero-order valence-electron chi connectivity index (χ0n) is 30.6. The number of hydrogen-bond donors (Lipinski definition) is 2. The standard InChI is InChI=1S/C40H48O12/c1-22-26(48-35(44)46-20-24-14-10-8-11-15-24)19-40(45)33(49-34(43)25-16-12-9-13-17-25)31-38(7,27(42)18-28-39(31,21-47-28)50-23(2)41)32-30(29(22)36(40,3)4)51-37(5,6)52-32/h8-17,26-28,30-33,42,45H,18-21H2,1-7H3/t26?,27-,28+,30+,31?,32+,33?,38+,39?,40+/m0/s1. The fourth-order valence-corrected chi connectivity index (χ4v) is 9.75. The van der Waals surface area contributed by atoms with E-state index in [2.05, 4.69) is 0 Å².